The zero-order valence-corrected chi connectivity index (χ0v) is 14.6. The molecule has 0 spiro atoms. The molecule has 26 heavy (non-hydrogen) atoms. The quantitative estimate of drug-likeness (QED) is 0.925. The van der Waals surface area contributed by atoms with Crippen LogP contribution in [0.1, 0.15) is 41.1 Å². The minimum absolute atomic E-state index is 0.175. The summed E-state index contributed by atoms with van der Waals surface area (Å²) in [6.45, 7) is 2.10. The van der Waals surface area contributed by atoms with Crippen molar-refractivity contribution in [3.8, 4) is 11.3 Å². The first-order valence-corrected chi connectivity index (χ1v) is 9.72. The summed E-state index contributed by atoms with van der Waals surface area (Å²) >= 11 is 0. The highest BCUT2D eigenvalue weighted by molar-refractivity contribution is 5.80. The van der Waals surface area contributed by atoms with Gasteiger partial charge >= 0.3 is 5.97 Å². The van der Waals surface area contributed by atoms with Gasteiger partial charge in [-0.25, -0.2) is 9.97 Å². The minimum atomic E-state index is -0.640. The number of carbonyl (C=O) groups is 1. The molecule has 1 N–H and O–H groups in total. The molecule has 1 saturated carbocycles. The van der Waals surface area contributed by atoms with Crippen LogP contribution in [0.4, 0.5) is 5.95 Å². The summed E-state index contributed by atoms with van der Waals surface area (Å²) in [7, 11) is 0. The summed E-state index contributed by atoms with van der Waals surface area (Å²) in [5, 5.41) is 9.40. The summed E-state index contributed by atoms with van der Waals surface area (Å²) in [5.74, 6) is 0.571. The van der Waals surface area contributed by atoms with E-state index in [0.29, 0.717) is 0 Å². The lowest BCUT2D eigenvalue weighted by atomic mass is 9.93. The zero-order chi connectivity index (χ0) is 17.4. The van der Waals surface area contributed by atoms with Gasteiger partial charge in [-0.3, -0.25) is 4.79 Å². The predicted octanol–water partition coefficient (Wildman–Crippen LogP) is 2.81. The molecule has 132 valence electrons. The van der Waals surface area contributed by atoms with Gasteiger partial charge in [-0.05, 0) is 49.1 Å². The molecule has 4 aliphatic rings. The fraction of sp³-hybridized carbons (Fsp3) is 0.476. The Kier molecular flexibility index (Phi) is 2.86. The zero-order valence-electron chi connectivity index (χ0n) is 14.6. The molecule has 2 fully saturated rings. The largest absolute Gasteiger partial charge is 0.481 e. The molecule has 3 atom stereocenters. The average Bonchev–Trinajstić information content (AvgIpc) is 2.93. The highest BCUT2D eigenvalue weighted by Gasteiger charge is 2.60. The molecule has 1 aromatic heterocycles. The van der Waals surface area contributed by atoms with Crippen LogP contribution in [-0.4, -0.2) is 34.1 Å². The molecule has 6 rings (SSSR count). The normalized spacial score (nSPS) is 27.5. The molecule has 1 aliphatic heterocycles. The molecule has 5 heteroatoms. The van der Waals surface area contributed by atoms with Crippen molar-refractivity contribution >= 4 is 11.9 Å². The highest BCUT2D eigenvalue weighted by atomic mass is 16.4. The lowest BCUT2D eigenvalue weighted by Gasteiger charge is -2.31. The van der Waals surface area contributed by atoms with Crippen LogP contribution in [-0.2, 0) is 24.1 Å². The third-order valence-corrected chi connectivity index (χ3v) is 6.78. The van der Waals surface area contributed by atoms with Crippen molar-refractivity contribution < 1.29 is 9.90 Å². The number of nitrogens with zero attached hydrogens (tertiary/aromatic N) is 3. The number of benzene rings is 1. The molecular weight excluding hydrogens is 326 g/mol. The van der Waals surface area contributed by atoms with Gasteiger partial charge in [0.2, 0.25) is 5.95 Å². The predicted molar refractivity (Wildman–Crippen MR) is 97.4 cm³/mol. The van der Waals surface area contributed by atoms with Gasteiger partial charge in [-0.15, -0.1) is 0 Å². The molecule has 3 unspecified atom stereocenters. The van der Waals surface area contributed by atoms with Crippen molar-refractivity contribution in [2.45, 2.75) is 38.0 Å². The maximum absolute atomic E-state index is 11.4. The van der Waals surface area contributed by atoms with Gasteiger partial charge in [0, 0.05) is 35.8 Å². The topological polar surface area (TPSA) is 66.3 Å². The van der Waals surface area contributed by atoms with E-state index in [9.17, 15) is 9.90 Å². The van der Waals surface area contributed by atoms with Crippen molar-refractivity contribution in [2.24, 2.45) is 11.8 Å². The number of carboxylic acid groups (broad SMARTS) is 1. The van der Waals surface area contributed by atoms with Gasteiger partial charge in [0.25, 0.3) is 0 Å². The maximum atomic E-state index is 11.4. The molecule has 2 heterocycles. The number of hydrogen-bond acceptors (Lipinski definition) is 4. The number of rotatable bonds is 3. The van der Waals surface area contributed by atoms with Crippen molar-refractivity contribution in [3.63, 3.8) is 0 Å². The molecule has 1 saturated heterocycles. The standard InChI is InChI=1S/C21H21N3O2/c25-20(26)18-15-10-14-11(17(15)18)4-1-5-12(14)19-13-6-2-7-16(13)22-21(23-19)24-8-3-9-24/h1,4-5,15,17-18H,2-3,6-10H2,(H,25,26). The molecule has 2 aromatic rings. The first-order valence-electron chi connectivity index (χ1n) is 9.72. The Hall–Kier alpha value is -2.43. The third kappa shape index (κ3) is 1.89. The molecule has 1 aromatic carbocycles. The van der Waals surface area contributed by atoms with E-state index in [0.717, 1.165) is 50.4 Å². The second-order valence-electron chi connectivity index (χ2n) is 8.12. The minimum Gasteiger partial charge on any atom is -0.481 e. The Morgan fingerprint density at radius 1 is 1.12 bits per heavy atom. The third-order valence-electron chi connectivity index (χ3n) is 6.78. The van der Waals surface area contributed by atoms with E-state index < -0.39 is 5.97 Å². The number of aromatic nitrogens is 2. The SMILES string of the molecule is O=C(O)C1C2Cc3c(-c4nc(N5CCC5)nc5c4CCC5)cccc3C21. The number of hydrogen-bond donors (Lipinski definition) is 1. The van der Waals surface area contributed by atoms with Crippen LogP contribution in [0.25, 0.3) is 11.3 Å². The molecule has 0 bridgehead atoms. The lowest BCUT2D eigenvalue weighted by molar-refractivity contribution is -0.139. The van der Waals surface area contributed by atoms with Gasteiger partial charge < -0.3 is 10.0 Å². The van der Waals surface area contributed by atoms with E-state index in [4.69, 9.17) is 9.97 Å². The van der Waals surface area contributed by atoms with Crippen LogP contribution in [0.3, 0.4) is 0 Å². The Morgan fingerprint density at radius 2 is 2.00 bits per heavy atom. The Balaban J connectivity index is 1.48. The molecular formula is C21H21N3O2. The Labute approximate surface area is 152 Å². The Morgan fingerprint density at radius 3 is 2.77 bits per heavy atom. The van der Waals surface area contributed by atoms with Crippen LogP contribution in [0.15, 0.2) is 18.2 Å². The summed E-state index contributed by atoms with van der Waals surface area (Å²) in [4.78, 5) is 23.6. The molecule has 0 radical (unpaired) electrons. The van der Waals surface area contributed by atoms with E-state index in [1.807, 2.05) is 0 Å². The van der Waals surface area contributed by atoms with E-state index in [1.165, 1.54) is 34.4 Å². The number of fused-ring (bicyclic) bond motifs is 4. The van der Waals surface area contributed by atoms with E-state index >= 15 is 0 Å². The smallest absolute Gasteiger partial charge is 0.307 e. The van der Waals surface area contributed by atoms with Gasteiger partial charge in [0.05, 0.1) is 11.6 Å². The van der Waals surface area contributed by atoms with Crippen LogP contribution < -0.4 is 4.90 Å². The van der Waals surface area contributed by atoms with Crippen molar-refractivity contribution in [1.29, 1.82) is 0 Å². The van der Waals surface area contributed by atoms with Gasteiger partial charge in [0.15, 0.2) is 0 Å². The summed E-state index contributed by atoms with van der Waals surface area (Å²) in [6.07, 6.45) is 5.36. The van der Waals surface area contributed by atoms with Crippen molar-refractivity contribution in [2.75, 3.05) is 18.0 Å². The van der Waals surface area contributed by atoms with Crippen LogP contribution >= 0.6 is 0 Å². The van der Waals surface area contributed by atoms with E-state index in [-0.39, 0.29) is 17.8 Å². The Bertz CT molecular complexity index is 951. The molecule has 3 aliphatic carbocycles. The fourth-order valence-corrected chi connectivity index (χ4v) is 5.29. The van der Waals surface area contributed by atoms with E-state index in [1.54, 1.807) is 0 Å². The first-order chi connectivity index (χ1) is 12.7. The first kappa shape index (κ1) is 14.7. The maximum Gasteiger partial charge on any atom is 0.307 e. The van der Waals surface area contributed by atoms with Crippen molar-refractivity contribution in [1.82, 2.24) is 9.97 Å². The van der Waals surface area contributed by atoms with Crippen LogP contribution in [0.5, 0.6) is 0 Å². The number of carboxylic acids is 1. The number of aryl methyl sites for hydroxylation is 1. The molecule has 0 amide bonds. The fourth-order valence-electron chi connectivity index (χ4n) is 5.29. The summed E-state index contributed by atoms with van der Waals surface area (Å²) < 4.78 is 0. The number of anilines is 1. The molecule has 5 nitrogen and oxygen atoms in total. The lowest BCUT2D eigenvalue weighted by Crippen LogP contribution is -2.38. The van der Waals surface area contributed by atoms with Crippen LogP contribution in [0, 0.1) is 11.8 Å². The van der Waals surface area contributed by atoms with Crippen molar-refractivity contribution in [3.05, 3.63) is 40.6 Å². The second kappa shape index (κ2) is 5.06. The van der Waals surface area contributed by atoms with E-state index in [2.05, 4.69) is 23.1 Å². The number of aliphatic carboxylic acids is 1. The van der Waals surface area contributed by atoms with Crippen LogP contribution in [0.2, 0.25) is 0 Å². The van der Waals surface area contributed by atoms with Gasteiger partial charge in [-0.2, -0.15) is 0 Å². The second-order valence-corrected chi connectivity index (χ2v) is 8.12. The van der Waals surface area contributed by atoms with Gasteiger partial charge in [-0.1, -0.05) is 18.2 Å². The van der Waals surface area contributed by atoms with Gasteiger partial charge in [0.1, 0.15) is 0 Å². The summed E-state index contributed by atoms with van der Waals surface area (Å²) in [5.41, 5.74) is 7.46. The summed E-state index contributed by atoms with van der Waals surface area (Å²) in [6, 6.07) is 6.39. The highest BCUT2D eigenvalue weighted by Crippen LogP contribution is 2.62. The monoisotopic (exact) mass is 347 g/mol. The average molecular weight is 347 g/mol.